The third-order valence-electron chi connectivity index (χ3n) is 2.95. The van der Waals surface area contributed by atoms with Gasteiger partial charge in [-0.25, -0.2) is 0 Å². The Kier molecular flexibility index (Phi) is 6.83. The lowest BCUT2D eigenvalue weighted by Crippen LogP contribution is -2.31. The maximum Gasteiger partial charge on any atom is 0.222 e. The van der Waals surface area contributed by atoms with Crippen molar-refractivity contribution in [2.24, 2.45) is 5.73 Å². The van der Waals surface area contributed by atoms with E-state index in [0.717, 1.165) is 5.56 Å². The van der Waals surface area contributed by atoms with E-state index in [-0.39, 0.29) is 18.4 Å². The van der Waals surface area contributed by atoms with Gasteiger partial charge in [-0.15, -0.1) is 0 Å². The summed E-state index contributed by atoms with van der Waals surface area (Å²) in [4.78, 5) is 11.7. The Balaban J connectivity index is 2.55. The smallest absolute Gasteiger partial charge is 0.222 e. The SMILES string of the molecule is COc1ccc(CNC(=O)CC(CN)OC)cc1OC. The van der Waals surface area contributed by atoms with Crippen molar-refractivity contribution in [3.63, 3.8) is 0 Å². The Labute approximate surface area is 119 Å². The highest BCUT2D eigenvalue weighted by molar-refractivity contribution is 5.76. The average molecular weight is 282 g/mol. The Hall–Kier alpha value is -1.79. The highest BCUT2D eigenvalue weighted by Gasteiger charge is 2.11. The van der Waals surface area contributed by atoms with Crippen molar-refractivity contribution in [1.29, 1.82) is 0 Å². The van der Waals surface area contributed by atoms with Gasteiger partial charge in [-0.2, -0.15) is 0 Å². The van der Waals surface area contributed by atoms with E-state index in [1.165, 1.54) is 0 Å². The fraction of sp³-hybridized carbons (Fsp3) is 0.500. The summed E-state index contributed by atoms with van der Waals surface area (Å²) in [6.07, 6.45) is 0.000661. The molecule has 0 spiro atoms. The first-order valence-corrected chi connectivity index (χ1v) is 6.35. The van der Waals surface area contributed by atoms with Crippen LogP contribution in [0.15, 0.2) is 18.2 Å². The van der Waals surface area contributed by atoms with Gasteiger partial charge in [-0.3, -0.25) is 4.79 Å². The largest absolute Gasteiger partial charge is 0.493 e. The zero-order valence-corrected chi connectivity index (χ0v) is 12.1. The van der Waals surface area contributed by atoms with Crippen LogP contribution in [0, 0.1) is 0 Å². The molecular formula is C14H22N2O4. The van der Waals surface area contributed by atoms with Crippen LogP contribution in [-0.2, 0) is 16.1 Å². The molecule has 1 rings (SSSR count). The summed E-state index contributed by atoms with van der Waals surface area (Å²) in [5.74, 6) is 1.19. The minimum atomic E-state index is -0.250. The molecule has 1 aromatic rings. The van der Waals surface area contributed by atoms with Crippen LogP contribution < -0.4 is 20.5 Å². The highest BCUT2D eigenvalue weighted by atomic mass is 16.5. The van der Waals surface area contributed by atoms with E-state index >= 15 is 0 Å². The molecule has 20 heavy (non-hydrogen) atoms. The van der Waals surface area contributed by atoms with E-state index in [0.29, 0.717) is 24.6 Å². The van der Waals surface area contributed by atoms with Crippen LogP contribution in [-0.4, -0.2) is 39.9 Å². The van der Waals surface area contributed by atoms with Gasteiger partial charge >= 0.3 is 0 Å². The minimum Gasteiger partial charge on any atom is -0.493 e. The predicted octanol–water partition coefficient (Wildman–Crippen LogP) is 0.684. The number of hydrogen-bond acceptors (Lipinski definition) is 5. The molecule has 0 heterocycles. The van der Waals surface area contributed by atoms with Gasteiger partial charge in [-0.05, 0) is 17.7 Å². The second-order valence-electron chi connectivity index (χ2n) is 4.26. The van der Waals surface area contributed by atoms with Crippen molar-refractivity contribution in [3.8, 4) is 11.5 Å². The van der Waals surface area contributed by atoms with E-state index in [2.05, 4.69) is 5.32 Å². The van der Waals surface area contributed by atoms with Crippen LogP contribution in [0.4, 0.5) is 0 Å². The molecule has 0 saturated carbocycles. The van der Waals surface area contributed by atoms with Gasteiger partial charge in [0, 0.05) is 20.2 Å². The van der Waals surface area contributed by atoms with Crippen molar-refractivity contribution in [1.82, 2.24) is 5.32 Å². The molecule has 1 unspecified atom stereocenters. The lowest BCUT2D eigenvalue weighted by atomic mass is 10.2. The third-order valence-corrected chi connectivity index (χ3v) is 2.95. The molecule has 3 N–H and O–H groups in total. The monoisotopic (exact) mass is 282 g/mol. The maximum absolute atomic E-state index is 11.7. The molecule has 0 aliphatic heterocycles. The number of carbonyl (C=O) groups is 1. The summed E-state index contributed by atoms with van der Waals surface area (Å²) < 4.78 is 15.4. The van der Waals surface area contributed by atoms with Crippen LogP contribution in [0.5, 0.6) is 11.5 Å². The number of amides is 1. The molecule has 0 aromatic heterocycles. The van der Waals surface area contributed by atoms with Gasteiger partial charge in [0.25, 0.3) is 0 Å². The molecule has 112 valence electrons. The summed E-state index contributed by atoms with van der Waals surface area (Å²) in [6, 6.07) is 5.51. The van der Waals surface area contributed by atoms with Crippen LogP contribution in [0.1, 0.15) is 12.0 Å². The highest BCUT2D eigenvalue weighted by Crippen LogP contribution is 2.27. The standard InChI is InChI=1S/C14H22N2O4/c1-18-11(8-15)7-14(17)16-9-10-4-5-12(19-2)13(6-10)20-3/h4-6,11H,7-9,15H2,1-3H3,(H,16,17). The van der Waals surface area contributed by atoms with Crippen molar-refractivity contribution in [3.05, 3.63) is 23.8 Å². The number of benzene rings is 1. The van der Waals surface area contributed by atoms with E-state index in [4.69, 9.17) is 19.9 Å². The average Bonchev–Trinajstić information content (AvgIpc) is 2.50. The van der Waals surface area contributed by atoms with Crippen molar-refractivity contribution in [2.75, 3.05) is 27.9 Å². The van der Waals surface area contributed by atoms with E-state index < -0.39 is 0 Å². The second kappa shape index (κ2) is 8.39. The topological polar surface area (TPSA) is 82.8 Å². The van der Waals surface area contributed by atoms with Gasteiger partial charge in [-0.1, -0.05) is 6.07 Å². The molecule has 0 radical (unpaired) electrons. The summed E-state index contributed by atoms with van der Waals surface area (Å²) in [6.45, 7) is 0.737. The van der Waals surface area contributed by atoms with Crippen LogP contribution in [0.3, 0.4) is 0 Å². The second-order valence-corrected chi connectivity index (χ2v) is 4.26. The van der Waals surface area contributed by atoms with Gasteiger partial charge in [0.1, 0.15) is 0 Å². The van der Waals surface area contributed by atoms with E-state index in [1.54, 1.807) is 27.4 Å². The first-order chi connectivity index (χ1) is 9.64. The van der Waals surface area contributed by atoms with Gasteiger partial charge in [0.05, 0.1) is 26.7 Å². The van der Waals surface area contributed by atoms with Crippen molar-refractivity contribution >= 4 is 5.91 Å². The molecule has 1 amide bonds. The molecular weight excluding hydrogens is 260 g/mol. The van der Waals surface area contributed by atoms with Gasteiger partial charge < -0.3 is 25.3 Å². The normalized spacial score (nSPS) is 11.8. The fourth-order valence-electron chi connectivity index (χ4n) is 1.73. The number of carbonyl (C=O) groups excluding carboxylic acids is 1. The first-order valence-electron chi connectivity index (χ1n) is 6.35. The maximum atomic E-state index is 11.7. The molecule has 0 bridgehead atoms. The third kappa shape index (κ3) is 4.71. The number of hydrogen-bond donors (Lipinski definition) is 2. The molecule has 0 aliphatic rings. The lowest BCUT2D eigenvalue weighted by molar-refractivity contribution is -0.123. The minimum absolute atomic E-state index is 0.0999. The zero-order chi connectivity index (χ0) is 15.0. The first kappa shape index (κ1) is 16.3. The van der Waals surface area contributed by atoms with Crippen LogP contribution in [0.2, 0.25) is 0 Å². The van der Waals surface area contributed by atoms with Crippen LogP contribution in [0.25, 0.3) is 0 Å². The predicted molar refractivity (Wildman–Crippen MR) is 75.9 cm³/mol. The van der Waals surface area contributed by atoms with Crippen LogP contribution >= 0.6 is 0 Å². The number of nitrogens with two attached hydrogens (primary N) is 1. The Bertz CT molecular complexity index is 433. The molecule has 6 heteroatoms. The molecule has 1 aromatic carbocycles. The number of ether oxygens (including phenoxy) is 3. The summed E-state index contributed by atoms with van der Waals surface area (Å²) in [5.41, 5.74) is 6.40. The Morgan fingerprint density at radius 2 is 1.95 bits per heavy atom. The summed E-state index contributed by atoms with van der Waals surface area (Å²) in [5, 5.41) is 2.82. The Morgan fingerprint density at radius 1 is 1.25 bits per heavy atom. The molecule has 0 saturated heterocycles. The quantitative estimate of drug-likeness (QED) is 0.733. The summed E-state index contributed by atoms with van der Waals surface area (Å²) in [7, 11) is 4.70. The van der Waals surface area contributed by atoms with Gasteiger partial charge in [0.2, 0.25) is 5.91 Å². The van der Waals surface area contributed by atoms with Crippen molar-refractivity contribution < 1.29 is 19.0 Å². The Morgan fingerprint density at radius 3 is 2.50 bits per heavy atom. The molecule has 1 atom stereocenters. The zero-order valence-electron chi connectivity index (χ0n) is 12.1. The fourth-order valence-corrected chi connectivity index (χ4v) is 1.73. The molecule has 0 aliphatic carbocycles. The summed E-state index contributed by atoms with van der Waals surface area (Å²) >= 11 is 0. The van der Waals surface area contributed by atoms with Crippen molar-refractivity contribution in [2.45, 2.75) is 19.1 Å². The van der Waals surface area contributed by atoms with E-state index in [1.807, 2.05) is 12.1 Å². The molecule has 6 nitrogen and oxygen atoms in total. The van der Waals surface area contributed by atoms with E-state index in [9.17, 15) is 4.79 Å². The molecule has 0 fully saturated rings. The number of methoxy groups -OCH3 is 3. The number of nitrogens with one attached hydrogen (secondary N) is 1. The van der Waals surface area contributed by atoms with Gasteiger partial charge in [0.15, 0.2) is 11.5 Å². The number of rotatable bonds is 8. The lowest BCUT2D eigenvalue weighted by Gasteiger charge is -2.13.